The van der Waals surface area contributed by atoms with E-state index in [1.807, 2.05) is 36.9 Å². The summed E-state index contributed by atoms with van der Waals surface area (Å²) in [4.78, 5) is 42.5. The number of piperidine rings is 1. The first kappa shape index (κ1) is 24.6. The Kier molecular flexibility index (Phi) is 7.63. The van der Waals surface area contributed by atoms with E-state index in [0.29, 0.717) is 63.4 Å². The number of amides is 2. The van der Waals surface area contributed by atoms with Crippen LogP contribution in [0.5, 0.6) is 11.5 Å². The molecule has 188 valence electrons. The van der Waals surface area contributed by atoms with E-state index >= 15 is 0 Å². The second-order valence-electron chi connectivity index (χ2n) is 9.01. The molecule has 9 nitrogen and oxygen atoms in total. The molecule has 2 aliphatic heterocycles. The zero-order valence-electron chi connectivity index (χ0n) is 20.6. The van der Waals surface area contributed by atoms with Gasteiger partial charge in [0, 0.05) is 37.7 Å². The summed E-state index contributed by atoms with van der Waals surface area (Å²) in [6, 6.07) is 5.65. The van der Waals surface area contributed by atoms with E-state index < -0.39 is 0 Å². The minimum Gasteiger partial charge on any atom is -0.461 e. The predicted molar refractivity (Wildman–Crippen MR) is 128 cm³/mol. The summed E-state index contributed by atoms with van der Waals surface area (Å²) in [6.07, 6.45) is 2.22. The molecule has 0 atom stereocenters. The highest BCUT2D eigenvalue weighted by Gasteiger charge is 2.28. The molecule has 1 saturated heterocycles. The molecule has 1 aromatic heterocycles. The molecule has 2 amide bonds. The Hall–Kier alpha value is -3.49. The highest BCUT2D eigenvalue weighted by atomic mass is 16.7. The van der Waals surface area contributed by atoms with Gasteiger partial charge in [0.05, 0.1) is 6.61 Å². The zero-order valence-corrected chi connectivity index (χ0v) is 20.6. The van der Waals surface area contributed by atoms with Crippen molar-refractivity contribution in [2.75, 3.05) is 26.5 Å². The normalized spacial score (nSPS) is 15.2. The quantitative estimate of drug-likeness (QED) is 0.559. The van der Waals surface area contributed by atoms with Gasteiger partial charge in [-0.25, -0.2) is 4.79 Å². The molecule has 0 unspecified atom stereocenters. The van der Waals surface area contributed by atoms with Gasteiger partial charge in [0.25, 0.3) is 0 Å². The third-order valence-electron chi connectivity index (χ3n) is 6.78. The monoisotopic (exact) mass is 483 g/mol. The minimum atomic E-state index is -0.371. The fourth-order valence-corrected chi connectivity index (χ4v) is 4.74. The van der Waals surface area contributed by atoms with Crippen LogP contribution in [0.2, 0.25) is 0 Å². The van der Waals surface area contributed by atoms with Crippen LogP contribution >= 0.6 is 0 Å². The fraction of sp³-hybridized carbons (Fsp3) is 0.500. The maximum Gasteiger partial charge on any atom is 0.355 e. The maximum absolute atomic E-state index is 12.8. The van der Waals surface area contributed by atoms with Gasteiger partial charge in [-0.1, -0.05) is 6.07 Å². The molecule has 35 heavy (non-hydrogen) atoms. The molecule has 9 heteroatoms. The molecule has 0 bridgehead atoms. The smallest absolute Gasteiger partial charge is 0.355 e. The molecule has 2 aliphatic rings. The first-order valence-electron chi connectivity index (χ1n) is 12.2. The van der Waals surface area contributed by atoms with Crippen molar-refractivity contribution >= 4 is 17.8 Å². The Labute approximate surface area is 205 Å². The van der Waals surface area contributed by atoms with Gasteiger partial charge in [0.2, 0.25) is 18.6 Å². The molecule has 2 aromatic rings. The molecule has 2 N–H and O–H groups in total. The number of H-pyrrole nitrogens is 1. The Morgan fingerprint density at radius 1 is 1.14 bits per heavy atom. The highest BCUT2D eigenvalue weighted by molar-refractivity contribution is 5.90. The van der Waals surface area contributed by atoms with Crippen molar-refractivity contribution in [3.8, 4) is 11.5 Å². The third-order valence-corrected chi connectivity index (χ3v) is 6.78. The number of carbonyl (C=O) groups excluding carboxylic acids is 3. The summed E-state index contributed by atoms with van der Waals surface area (Å²) in [5.41, 5.74) is 4.12. The lowest BCUT2D eigenvalue weighted by atomic mass is 9.95. The number of likely N-dealkylation sites (tertiary alicyclic amines) is 1. The Morgan fingerprint density at radius 3 is 2.63 bits per heavy atom. The number of benzene rings is 1. The second kappa shape index (κ2) is 10.8. The Bertz CT molecular complexity index is 1100. The van der Waals surface area contributed by atoms with Crippen LogP contribution in [-0.4, -0.2) is 54.2 Å². The molecule has 0 spiro atoms. The standard InChI is InChI=1S/C26H33N3O6/c1-4-33-26(32)24-16(2)20(17(3)28-24)6-8-23(30)29-11-9-19(10-12-29)25(31)27-14-18-5-7-21-22(13-18)35-15-34-21/h5,7,13,19,28H,4,6,8-12,14-15H2,1-3H3,(H,27,31). The van der Waals surface area contributed by atoms with Gasteiger partial charge in [-0.3, -0.25) is 9.59 Å². The number of aromatic nitrogens is 1. The summed E-state index contributed by atoms with van der Waals surface area (Å²) in [5.74, 6) is 1.03. The van der Waals surface area contributed by atoms with Crippen molar-refractivity contribution in [2.24, 2.45) is 5.92 Å². The summed E-state index contributed by atoms with van der Waals surface area (Å²) in [7, 11) is 0. The lowest BCUT2D eigenvalue weighted by Gasteiger charge is -2.31. The van der Waals surface area contributed by atoms with Crippen molar-refractivity contribution in [1.82, 2.24) is 15.2 Å². The van der Waals surface area contributed by atoms with E-state index in [1.54, 1.807) is 6.92 Å². The van der Waals surface area contributed by atoms with Gasteiger partial charge < -0.3 is 29.4 Å². The van der Waals surface area contributed by atoms with Gasteiger partial charge in [-0.2, -0.15) is 0 Å². The minimum absolute atomic E-state index is 0.0137. The van der Waals surface area contributed by atoms with Gasteiger partial charge in [0.1, 0.15) is 5.69 Å². The molecule has 0 radical (unpaired) electrons. The topological polar surface area (TPSA) is 110 Å². The van der Waals surface area contributed by atoms with Crippen LogP contribution in [0.3, 0.4) is 0 Å². The van der Waals surface area contributed by atoms with Gasteiger partial charge >= 0.3 is 5.97 Å². The van der Waals surface area contributed by atoms with E-state index in [1.165, 1.54) is 0 Å². The summed E-state index contributed by atoms with van der Waals surface area (Å²) < 4.78 is 15.8. The molecule has 0 aliphatic carbocycles. The molecule has 3 heterocycles. The first-order chi connectivity index (χ1) is 16.9. The van der Waals surface area contributed by atoms with Crippen LogP contribution in [0.25, 0.3) is 0 Å². The Morgan fingerprint density at radius 2 is 1.89 bits per heavy atom. The van der Waals surface area contributed by atoms with E-state index in [0.717, 1.165) is 28.1 Å². The molecular weight excluding hydrogens is 450 g/mol. The van der Waals surface area contributed by atoms with E-state index in [-0.39, 0.29) is 30.5 Å². The number of carbonyl (C=O) groups is 3. The van der Waals surface area contributed by atoms with Gasteiger partial charge in [0.15, 0.2) is 11.5 Å². The summed E-state index contributed by atoms with van der Waals surface area (Å²) in [5, 5.41) is 3.00. The summed E-state index contributed by atoms with van der Waals surface area (Å²) in [6.45, 7) is 7.66. The first-order valence-corrected chi connectivity index (χ1v) is 12.2. The summed E-state index contributed by atoms with van der Waals surface area (Å²) >= 11 is 0. The van der Waals surface area contributed by atoms with E-state index in [9.17, 15) is 14.4 Å². The fourth-order valence-electron chi connectivity index (χ4n) is 4.74. The second-order valence-corrected chi connectivity index (χ2v) is 9.01. The van der Waals surface area contributed by atoms with E-state index in [2.05, 4.69) is 10.3 Å². The number of nitrogens with zero attached hydrogens (tertiary/aromatic N) is 1. The molecule has 0 saturated carbocycles. The number of esters is 1. The predicted octanol–water partition coefficient (Wildman–Crippen LogP) is 3.02. The number of aromatic amines is 1. The molecule has 1 fully saturated rings. The zero-order chi connectivity index (χ0) is 24.9. The number of rotatable bonds is 8. The van der Waals surface area contributed by atoms with Gasteiger partial charge in [-0.05, 0) is 68.9 Å². The van der Waals surface area contributed by atoms with Crippen LogP contribution in [0.4, 0.5) is 0 Å². The van der Waals surface area contributed by atoms with Crippen molar-refractivity contribution in [2.45, 2.75) is 53.0 Å². The Balaban J connectivity index is 1.22. The van der Waals surface area contributed by atoms with Crippen LogP contribution in [-0.2, 0) is 27.3 Å². The van der Waals surface area contributed by atoms with Crippen LogP contribution in [0.15, 0.2) is 18.2 Å². The van der Waals surface area contributed by atoms with Crippen LogP contribution in [0, 0.1) is 19.8 Å². The van der Waals surface area contributed by atoms with Crippen molar-refractivity contribution < 1.29 is 28.6 Å². The van der Waals surface area contributed by atoms with Crippen molar-refractivity contribution in [3.05, 3.63) is 46.3 Å². The highest BCUT2D eigenvalue weighted by Crippen LogP contribution is 2.32. The number of hydrogen-bond donors (Lipinski definition) is 2. The molecular formula is C26H33N3O6. The van der Waals surface area contributed by atoms with Crippen LogP contribution < -0.4 is 14.8 Å². The van der Waals surface area contributed by atoms with Crippen molar-refractivity contribution in [1.29, 1.82) is 0 Å². The molecule has 1 aromatic carbocycles. The number of hydrogen-bond acceptors (Lipinski definition) is 6. The lowest BCUT2D eigenvalue weighted by molar-refractivity contribution is -0.135. The van der Waals surface area contributed by atoms with Crippen LogP contribution in [0.1, 0.15) is 59.1 Å². The maximum atomic E-state index is 12.8. The van der Waals surface area contributed by atoms with Crippen molar-refractivity contribution in [3.63, 3.8) is 0 Å². The number of ether oxygens (including phenoxy) is 3. The number of aryl methyl sites for hydroxylation is 1. The average Bonchev–Trinajstić information content (AvgIpc) is 3.44. The third kappa shape index (κ3) is 5.61. The largest absolute Gasteiger partial charge is 0.461 e. The average molecular weight is 484 g/mol. The van der Waals surface area contributed by atoms with Gasteiger partial charge in [-0.15, -0.1) is 0 Å². The SMILES string of the molecule is CCOC(=O)c1[nH]c(C)c(CCC(=O)N2CCC(C(=O)NCc3ccc4c(c3)OCO4)CC2)c1C. The molecule has 4 rings (SSSR count). The number of nitrogens with one attached hydrogen (secondary N) is 2. The number of fused-ring (bicyclic) bond motifs is 1. The lowest BCUT2D eigenvalue weighted by Crippen LogP contribution is -2.43. The van der Waals surface area contributed by atoms with E-state index in [4.69, 9.17) is 14.2 Å².